The van der Waals surface area contributed by atoms with Crippen molar-refractivity contribution in [3.05, 3.63) is 64.2 Å². The molecular weight excluding hydrogens is 586 g/mol. The molecule has 1 saturated carbocycles. The van der Waals surface area contributed by atoms with E-state index in [-0.39, 0.29) is 23.5 Å². The van der Waals surface area contributed by atoms with Crippen LogP contribution in [0.15, 0.2) is 36.4 Å². The number of esters is 4. The third-order valence-corrected chi connectivity index (χ3v) is 7.49. The summed E-state index contributed by atoms with van der Waals surface area (Å²) in [5.41, 5.74) is 2.86. The third kappa shape index (κ3) is 7.98. The van der Waals surface area contributed by atoms with Crippen LogP contribution < -0.4 is 4.74 Å². The maximum Gasteiger partial charge on any atom is 0.303 e. The smallest absolute Gasteiger partial charge is 0.303 e. The van der Waals surface area contributed by atoms with Gasteiger partial charge in [0.05, 0.1) is 23.8 Å². The molecule has 2 aliphatic rings. The Bertz CT molecular complexity index is 1480. The summed E-state index contributed by atoms with van der Waals surface area (Å²) in [5.74, 6) is -5.23. The molecule has 1 N–H and O–H groups in total. The molecule has 0 spiro atoms. The van der Waals surface area contributed by atoms with Gasteiger partial charge in [0.2, 0.25) is 11.9 Å². The molecule has 0 bridgehead atoms. The van der Waals surface area contributed by atoms with E-state index in [0.29, 0.717) is 17.9 Å². The molecule has 1 aliphatic heterocycles. The average molecular weight is 624 g/mol. The maximum atomic E-state index is 12.5. The molecule has 2 fully saturated rings. The number of carbonyl (C=O) groups excluding carboxylic acids is 4. The van der Waals surface area contributed by atoms with E-state index in [1.807, 2.05) is 12.1 Å². The Morgan fingerprint density at radius 3 is 2.09 bits per heavy atom. The second-order valence-electron chi connectivity index (χ2n) is 11.1. The fraction of sp³-hybridized carbons (Fsp3) is 0.485. The van der Waals surface area contributed by atoms with Crippen LogP contribution in [0.25, 0.3) is 0 Å². The molecule has 4 rings (SSSR count). The second kappa shape index (κ2) is 14.1. The molecule has 1 heterocycles. The zero-order chi connectivity index (χ0) is 32.9. The summed E-state index contributed by atoms with van der Waals surface area (Å²) in [4.78, 5) is 48.6. The van der Waals surface area contributed by atoms with Gasteiger partial charge >= 0.3 is 23.9 Å². The molecule has 240 valence electrons. The lowest BCUT2D eigenvalue weighted by molar-refractivity contribution is -0.360. The largest absolute Gasteiger partial charge is 0.493 e. The van der Waals surface area contributed by atoms with Gasteiger partial charge in [0, 0.05) is 27.7 Å². The molecule has 45 heavy (non-hydrogen) atoms. The van der Waals surface area contributed by atoms with Crippen molar-refractivity contribution in [2.24, 2.45) is 0 Å². The highest BCUT2D eigenvalue weighted by molar-refractivity contribution is 5.69. The van der Waals surface area contributed by atoms with Crippen molar-refractivity contribution in [2.75, 3.05) is 13.2 Å². The quantitative estimate of drug-likeness (QED) is 0.287. The van der Waals surface area contributed by atoms with Gasteiger partial charge in [-0.25, -0.2) is 0 Å². The van der Waals surface area contributed by atoms with Crippen LogP contribution in [0.2, 0.25) is 0 Å². The minimum absolute atomic E-state index is 0.0280. The SMILES string of the molecule is CCOc1cc(C#N)c(Cc2ccc(C3CC3)cc2)cc1[C@@]1(O)O[C@H](COC(C)=O)[C@@H](OC(C)=O)[C@H](OC(C)=O)[C@H]1OC(C)=O. The number of nitrogens with zero attached hydrogens (tertiary/aromatic N) is 1. The Morgan fingerprint density at radius 1 is 0.933 bits per heavy atom. The van der Waals surface area contributed by atoms with Crippen LogP contribution in [-0.2, 0) is 55.1 Å². The van der Waals surface area contributed by atoms with Crippen molar-refractivity contribution >= 4 is 23.9 Å². The molecule has 1 aliphatic carbocycles. The van der Waals surface area contributed by atoms with Crippen molar-refractivity contribution in [1.82, 2.24) is 0 Å². The fourth-order valence-electron chi connectivity index (χ4n) is 5.47. The number of rotatable bonds is 11. The zero-order valence-electron chi connectivity index (χ0n) is 25.9. The summed E-state index contributed by atoms with van der Waals surface area (Å²) >= 11 is 0. The molecule has 0 radical (unpaired) electrons. The monoisotopic (exact) mass is 623 g/mol. The van der Waals surface area contributed by atoms with Gasteiger partial charge < -0.3 is 33.5 Å². The van der Waals surface area contributed by atoms with E-state index in [4.69, 9.17) is 28.4 Å². The number of ether oxygens (including phenoxy) is 6. The van der Waals surface area contributed by atoms with Gasteiger partial charge in [0.15, 0.2) is 12.2 Å². The second-order valence-corrected chi connectivity index (χ2v) is 11.1. The lowest BCUT2D eigenvalue weighted by Crippen LogP contribution is -2.66. The lowest BCUT2D eigenvalue weighted by Gasteiger charge is -2.49. The Balaban J connectivity index is 1.89. The molecule has 0 aromatic heterocycles. The minimum Gasteiger partial charge on any atom is -0.493 e. The first-order valence-electron chi connectivity index (χ1n) is 14.7. The van der Waals surface area contributed by atoms with Crippen LogP contribution in [0.1, 0.15) is 81.2 Å². The molecule has 2 aromatic rings. The van der Waals surface area contributed by atoms with E-state index in [1.54, 1.807) is 6.92 Å². The molecule has 1 saturated heterocycles. The number of aliphatic hydroxyl groups is 1. The van der Waals surface area contributed by atoms with Gasteiger partial charge in [-0.05, 0) is 60.9 Å². The summed E-state index contributed by atoms with van der Waals surface area (Å²) in [7, 11) is 0. The van der Waals surface area contributed by atoms with E-state index < -0.39 is 60.7 Å². The van der Waals surface area contributed by atoms with Gasteiger partial charge in [-0.1, -0.05) is 24.3 Å². The van der Waals surface area contributed by atoms with Gasteiger partial charge in [-0.3, -0.25) is 19.2 Å². The van der Waals surface area contributed by atoms with Crippen LogP contribution >= 0.6 is 0 Å². The predicted molar refractivity (Wildman–Crippen MR) is 156 cm³/mol. The van der Waals surface area contributed by atoms with Crippen molar-refractivity contribution in [3.8, 4) is 11.8 Å². The topological polar surface area (TPSA) is 168 Å². The van der Waals surface area contributed by atoms with Crippen molar-refractivity contribution in [1.29, 1.82) is 5.26 Å². The summed E-state index contributed by atoms with van der Waals surface area (Å²) in [6, 6.07) is 13.2. The molecule has 0 amide bonds. The highest BCUT2D eigenvalue weighted by atomic mass is 16.7. The van der Waals surface area contributed by atoms with Crippen LogP contribution in [0.4, 0.5) is 0 Å². The van der Waals surface area contributed by atoms with E-state index in [1.165, 1.54) is 17.7 Å². The first-order valence-corrected chi connectivity index (χ1v) is 14.7. The summed E-state index contributed by atoms with van der Waals surface area (Å²) in [6.07, 6.45) is -3.66. The molecular formula is C33H37NO11. The van der Waals surface area contributed by atoms with Gasteiger partial charge in [0.25, 0.3) is 0 Å². The Hall–Kier alpha value is -4.47. The van der Waals surface area contributed by atoms with Crippen LogP contribution in [0.5, 0.6) is 5.75 Å². The molecule has 12 heteroatoms. The molecule has 0 unspecified atom stereocenters. The number of carbonyl (C=O) groups is 4. The Labute approximate surface area is 261 Å². The van der Waals surface area contributed by atoms with Gasteiger partial charge in [-0.15, -0.1) is 0 Å². The maximum absolute atomic E-state index is 12.5. The number of benzene rings is 2. The number of hydrogen-bond donors (Lipinski definition) is 1. The molecule has 2 aromatic carbocycles. The zero-order valence-corrected chi connectivity index (χ0v) is 25.9. The lowest BCUT2D eigenvalue weighted by atomic mass is 9.85. The van der Waals surface area contributed by atoms with E-state index in [2.05, 4.69) is 18.2 Å². The third-order valence-electron chi connectivity index (χ3n) is 7.49. The van der Waals surface area contributed by atoms with Crippen molar-refractivity contribution in [2.45, 2.75) is 90.0 Å². The van der Waals surface area contributed by atoms with E-state index in [0.717, 1.165) is 46.1 Å². The van der Waals surface area contributed by atoms with Crippen LogP contribution in [0, 0.1) is 11.3 Å². The molecule has 12 nitrogen and oxygen atoms in total. The van der Waals surface area contributed by atoms with Gasteiger partial charge in [-0.2, -0.15) is 5.26 Å². The first-order chi connectivity index (χ1) is 21.4. The van der Waals surface area contributed by atoms with Crippen LogP contribution in [0.3, 0.4) is 0 Å². The van der Waals surface area contributed by atoms with Crippen LogP contribution in [-0.4, -0.2) is 66.6 Å². The van der Waals surface area contributed by atoms with E-state index >= 15 is 0 Å². The fourth-order valence-corrected chi connectivity index (χ4v) is 5.47. The minimum atomic E-state index is -2.61. The first kappa shape index (κ1) is 33.4. The van der Waals surface area contributed by atoms with Crippen molar-refractivity contribution < 1.29 is 52.7 Å². The molecule has 5 atom stereocenters. The Kier molecular flexibility index (Phi) is 10.5. The highest BCUT2D eigenvalue weighted by Crippen LogP contribution is 2.45. The summed E-state index contributed by atoms with van der Waals surface area (Å²) in [5, 5.41) is 22.5. The van der Waals surface area contributed by atoms with Crippen molar-refractivity contribution in [3.63, 3.8) is 0 Å². The summed E-state index contributed by atoms with van der Waals surface area (Å²) < 4.78 is 33.6. The number of nitriles is 1. The Morgan fingerprint density at radius 2 is 1.56 bits per heavy atom. The standard InChI is InChI=1S/C33H37NO11/c1-6-40-28-15-26(16-34)25(13-22-7-9-23(10-8-22)24-11-12-24)14-27(28)33(39)32(44-21(5)38)31(43-20(4)37)30(42-19(3)36)29(45-33)17-41-18(2)35/h7-10,14-15,24,29-32,39H,6,11-13,17H2,1-5H3/t29-,30-,31+,32-,33-/m1/s1. The predicted octanol–water partition coefficient (Wildman–Crippen LogP) is 3.33. The number of hydrogen-bond acceptors (Lipinski definition) is 12. The highest BCUT2D eigenvalue weighted by Gasteiger charge is 2.61. The van der Waals surface area contributed by atoms with Gasteiger partial charge in [0.1, 0.15) is 18.5 Å². The normalized spacial score (nSPS) is 24.1. The summed E-state index contributed by atoms with van der Waals surface area (Å²) in [6.45, 7) is 5.71. The van der Waals surface area contributed by atoms with E-state index in [9.17, 15) is 29.5 Å². The average Bonchev–Trinajstić information content (AvgIpc) is 3.82.